The van der Waals surface area contributed by atoms with Gasteiger partial charge in [0.15, 0.2) is 0 Å². The third-order valence-corrected chi connectivity index (χ3v) is 5.92. The van der Waals surface area contributed by atoms with Gasteiger partial charge in [0.2, 0.25) is 5.91 Å². The Morgan fingerprint density at radius 1 is 1.25 bits per heavy atom. The van der Waals surface area contributed by atoms with Gasteiger partial charge in [0.25, 0.3) is 0 Å². The van der Waals surface area contributed by atoms with Crippen LogP contribution < -0.4 is 0 Å². The molecule has 0 unspecified atom stereocenters. The van der Waals surface area contributed by atoms with Crippen molar-refractivity contribution in [2.75, 3.05) is 6.61 Å². The number of ether oxygens (including phenoxy) is 1. The summed E-state index contributed by atoms with van der Waals surface area (Å²) in [7, 11) is 0. The maximum atomic E-state index is 13.3. The van der Waals surface area contributed by atoms with E-state index in [1.54, 1.807) is 6.92 Å². The number of likely N-dealkylation sites (tertiary alicyclic amines) is 1. The van der Waals surface area contributed by atoms with Gasteiger partial charge < -0.3 is 14.7 Å². The van der Waals surface area contributed by atoms with Crippen molar-refractivity contribution in [2.24, 2.45) is 11.2 Å². The van der Waals surface area contributed by atoms with Crippen LogP contribution in [0.1, 0.15) is 65.7 Å². The molecule has 2 aliphatic rings. The fraction of sp³-hybridized carbons (Fsp3) is 0.842. The maximum Gasteiger partial charge on any atom is 0.330 e. The molecule has 1 aliphatic heterocycles. The summed E-state index contributed by atoms with van der Waals surface area (Å²) in [5, 5.41) is 13.5. The number of carbonyl (C=O) groups excluding carboxylic acids is 2. The van der Waals surface area contributed by atoms with Gasteiger partial charge in [0.1, 0.15) is 18.1 Å². The van der Waals surface area contributed by atoms with E-state index < -0.39 is 36.0 Å². The Morgan fingerprint density at radius 2 is 1.93 bits per heavy atom. The number of aliphatic carboxylic acids is 1. The minimum atomic E-state index is -1.04. The van der Waals surface area contributed by atoms with Gasteiger partial charge in [-0.25, -0.2) is 14.6 Å². The number of nitrogens with zero attached hydrogens (tertiary/aromatic N) is 3. The predicted octanol–water partition coefficient (Wildman–Crippen LogP) is 2.33. The van der Waals surface area contributed by atoms with E-state index in [2.05, 4.69) is 5.29 Å². The van der Waals surface area contributed by atoms with Crippen LogP contribution >= 0.6 is 0 Å². The topological polar surface area (TPSA) is 117 Å². The Hall–Kier alpha value is -2.19. The molecular weight excluding hydrogens is 366 g/mol. The van der Waals surface area contributed by atoms with Crippen LogP contribution in [0.4, 0.5) is 0 Å². The molecule has 9 heteroatoms. The number of carboxylic acid groups (broad SMARTS) is 1. The van der Waals surface area contributed by atoms with E-state index in [-0.39, 0.29) is 18.6 Å². The van der Waals surface area contributed by atoms with Gasteiger partial charge in [-0.2, -0.15) is 0 Å². The van der Waals surface area contributed by atoms with Crippen LogP contribution in [-0.4, -0.2) is 63.6 Å². The summed E-state index contributed by atoms with van der Waals surface area (Å²) >= 11 is 0. The minimum absolute atomic E-state index is 0.134. The average molecular weight is 397 g/mol. The number of amides is 1. The van der Waals surface area contributed by atoms with Gasteiger partial charge in [0.05, 0.1) is 11.9 Å². The number of hydrogen-bond acceptors (Lipinski definition) is 6. The molecule has 158 valence electrons. The van der Waals surface area contributed by atoms with Crippen LogP contribution in [-0.2, 0) is 19.1 Å². The van der Waals surface area contributed by atoms with Crippen molar-refractivity contribution >= 4 is 17.8 Å². The largest absolute Gasteiger partial charge is 0.480 e. The summed E-state index contributed by atoms with van der Waals surface area (Å²) in [6, 6.07) is -3.04. The molecule has 0 bridgehead atoms. The standard InChI is InChI=1S/C19H31N3O6/c1-4-8-15(19(26)28-5-2)22(20-27)12(3)17(23)21-14-10-7-6-9-13(14)11-16(21)18(24)25/h12-16H,4-11H2,1-3H3,(H,24,25)/t12-,13-,14+,15-,16-/m0/s1. The number of fused-ring (bicyclic) bond motifs is 1. The van der Waals surface area contributed by atoms with E-state index in [9.17, 15) is 24.4 Å². The van der Waals surface area contributed by atoms with E-state index in [4.69, 9.17) is 4.74 Å². The zero-order valence-electron chi connectivity index (χ0n) is 16.9. The normalized spacial score (nSPS) is 26.1. The zero-order valence-corrected chi connectivity index (χ0v) is 16.9. The molecule has 2 fully saturated rings. The quantitative estimate of drug-likeness (QED) is 0.360. The Morgan fingerprint density at radius 3 is 2.50 bits per heavy atom. The van der Waals surface area contributed by atoms with Crippen molar-refractivity contribution in [2.45, 2.75) is 89.9 Å². The van der Waals surface area contributed by atoms with E-state index in [0.717, 1.165) is 30.7 Å². The highest BCUT2D eigenvalue weighted by Gasteiger charge is 2.49. The Labute approximate surface area is 165 Å². The Bertz CT molecular complexity index is 598. The summed E-state index contributed by atoms with van der Waals surface area (Å²) in [5.41, 5.74) is 0. The Balaban J connectivity index is 2.26. The monoisotopic (exact) mass is 397 g/mol. The third-order valence-electron chi connectivity index (χ3n) is 5.92. The first kappa shape index (κ1) is 22.1. The molecule has 9 nitrogen and oxygen atoms in total. The Kier molecular flexibility index (Phi) is 7.77. The summed E-state index contributed by atoms with van der Waals surface area (Å²) < 4.78 is 5.04. The lowest BCUT2D eigenvalue weighted by Gasteiger charge is -2.37. The van der Waals surface area contributed by atoms with Crippen molar-refractivity contribution < 1.29 is 24.2 Å². The summed E-state index contributed by atoms with van der Waals surface area (Å²) in [6.07, 6.45) is 5.00. The first-order valence-electron chi connectivity index (χ1n) is 10.2. The van der Waals surface area contributed by atoms with Crippen molar-refractivity contribution in [3.8, 4) is 0 Å². The predicted molar refractivity (Wildman–Crippen MR) is 101 cm³/mol. The molecule has 0 aromatic carbocycles. The second kappa shape index (κ2) is 9.84. The molecule has 2 rings (SSSR count). The van der Waals surface area contributed by atoms with Gasteiger partial charge >= 0.3 is 11.9 Å². The van der Waals surface area contributed by atoms with E-state index in [1.165, 1.54) is 11.8 Å². The fourth-order valence-corrected chi connectivity index (χ4v) is 4.59. The van der Waals surface area contributed by atoms with Crippen molar-refractivity contribution in [1.82, 2.24) is 9.91 Å². The fourth-order valence-electron chi connectivity index (χ4n) is 4.59. The molecular formula is C19H31N3O6. The highest BCUT2D eigenvalue weighted by atomic mass is 16.5. The van der Waals surface area contributed by atoms with Crippen LogP contribution in [0.25, 0.3) is 0 Å². The van der Waals surface area contributed by atoms with Crippen LogP contribution in [0.15, 0.2) is 5.29 Å². The van der Waals surface area contributed by atoms with Crippen LogP contribution in [0.5, 0.6) is 0 Å². The molecule has 0 spiro atoms. The zero-order chi connectivity index (χ0) is 20.8. The molecule has 0 radical (unpaired) electrons. The van der Waals surface area contributed by atoms with E-state index in [0.29, 0.717) is 19.3 Å². The highest BCUT2D eigenvalue weighted by molar-refractivity contribution is 5.88. The minimum Gasteiger partial charge on any atom is -0.480 e. The lowest BCUT2D eigenvalue weighted by molar-refractivity contribution is -0.157. The number of carbonyl (C=O) groups is 3. The molecule has 28 heavy (non-hydrogen) atoms. The molecule has 1 saturated carbocycles. The first-order chi connectivity index (χ1) is 13.4. The molecule has 1 amide bonds. The molecule has 0 aromatic rings. The van der Waals surface area contributed by atoms with Gasteiger partial charge in [0, 0.05) is 6.04 Å². The van der Waals surface area contributed by atoms with Crippen molar-refractivity contribution in [1.29, 1.82) is 0 Å². The molecule has 0 aromatic heterocycles. The number of esters is 1. The van der Waals surface area contributed by atoms with Gasteiger partial charge in [-0.1, -0.05) is 26.2 Å². The second-order valence-electron chi connectivity index (χ2n) is 7.64. The first-order valence-corrected chi connectivity index (χ1v) is 10.2. The SMILES string of the molecule is CCC[C@@H](C(=O)OCC)N(N=O)[C@@H](C)C(=O)N1[C@@H]2CCCC[C@H]2C[C@H]1C(=O)O. The molecule has 1 aliphatic carbocycles. The smallest absolute Gasteiger partial charge is 0.330 e. The summed E-state index contributed by atoms with van der Waals surface area (Å²) in [6.45, 7) is 5.18. The molecule has 1 saturated heterocycles. The number of rotatable bonds is 9. The van der Waals surface area contributed by atoms with Gasteiger partial charge in [-0.15, -0.1) is 4.91 Å². The van der Waals surface area contributed by atoms with Crippen molar-refractivity contribution in [3.05, 3.63) is 4.91 Å². The van der Waals surface area contributed by atoms with Crippen LogP contribution in [0.2, 0.25) is 0 Å². The number of carboxylic acids is 1. The van der Waals surface area contributed by atoms with E-state index in [1.807, 2.05) is 6.92 Å². The van der Waals surface area contributed by atoms with Gasteiger partial charge in [-0.05, 0) is 45.4 Å². The molecule has 1 N–H and O–H groups in total. The third kappa shape index (κ3) is 4.44. The lowest BCUT2D eigenvalue weighted by Crippen LogP contribution is -2.55. The highest BCUT2D eigenvalue weighted by Crippen LogP contribution is 2.40. The van der Waals surface area contributed by atoms with Gasteiger partial charge in [-0.3, -0.25) is 4.79 Å². The van der Waals surface area contributed by atoms with Crippen LogP contribution in [0, 0.1) is 10.8 Å². The van der Waals surface area contributed by atoms with Crippen molar-refractivity contribution in [3.63, 3.8) is 0 Å². The summed E-state index contributed by atoms with van der Waals surface area (Å²) in [5.74, 6) is -1.93. The number of nitroso groups, excluding NO2 is 1. The summed E-state index contributed by atoms with van der Waals surface area (Å²) in [4.78, 5) is 50.4. The average Bonchev–Trinajstić information content (AvgIpc) is 3.07. The molecule has 1 heterocycles. The van der Waals surface area contributed by atoms with E-state index >= 15 is 0 Å². The lowest BCUT2D eigenvalue weighted by atomic mass is 9.84. The second-order valence-corrected chi connectivity index (χ2v) is 7.64. The number of hydrogen-bond donors (Lipinski definition) is 1. The molecule has 5 atom stereocenters. The van der Waals surface area contributed by atoms with Crippen LogP contribution in [0.3, 0.4) is 0 Å². The maximum absolute atomic E-state index is 13.3.